The first-order valence-corrected chi connectivity index (χ1v) is 3.61. The zero-order valence-electron chi connectivity index (χ0n) is 6.48. The molecule has 1 radical (unpaired) electrons. The van der Waals surface area contributed by atoms with Gasteiger partial charge in [-0.2, -0.15) is 0 Å². The number of aliphatic hydroxyl groups is 1. The Bertz CT molecular complexity index is 168. The Morgan fingerprint density at radius 1 is 1.36 bits per heavy atom. The summed E-state index contributed by atoms with van der Waals surface area (Å²) < 4.78 is 15.7. The zero-order chi connectivity index (χ0) is 8.06. The Hall–Kier alpha value is -0.160. The minimum atomic E-state index is -0.665. The third-order valence-corrected chi connectivity index (χ3v) is 1.78. The molecule has 0 aromatic carbocycles. The molecule has 0 aromatic heterocycles. The Kier molecular flexibility index (Phi) is 1.47. The molecule has 4 nitrogen and oxygen atoms in total. The Morgan fingerprint density at radius 2 is 2.09 bits per heavy atom. The van der Waals surface area contributed by atoms with Gasteiger partial charge in [-0.3, -0.25) is 0 Å². The lowest BCUT2D eigenvalue weighted by atomic mass is 10.2. The molecule has 2 fully saturated rings. The second kappa shape index (κ2) is 2.17. The highest BCUT2D eigenvalue weighted by atomic mass is 16.8. The lowest BCUT2D eigenvalue weighted by Gasteiger charge is -2.18. The molecule has 0 aliphatic carbocycles. The second-order valence-corrected chi connectivity index (χ2v) is 3.23. The van der Waals surface area contributed by atoms with Crippen molar-refractivity contribution in [1.29, 1.82) is 0 Å². The summed E-state index contributed by atoms with van der Waals surface area (Å²) in [4.78, 5) is 0. The van der Waals surface area contributed by atoms with Gasteiger partial charge in [-0.05, 0) is 13.8 Å². The van der Waals surface area contributed by atoms with Crippen molar-refractivity contribution in [2.75, 3.05) is 0 Å². The fourth-order valence-electron chi connectivity index (χ4n) is 1.33. The summed E-state index contributed by atoms with van der Waals surface area (Å²) in [6.07, 6.45) is -1.45. The van der Waals surface area contributed by atoms with Gasteiger partial charge in [-0.1, -0.05) is 0 Å². The highest BCUT2D eigenvalue weighted by Crippen LogP contribution is 2.35. The van der Waals surface area contributed by atoms with E-state index in [2.05, 4.69) is 0 Å². The highest BCUT2D eigenvalue weighted by Gasteiger charge is 2.50. The van der Waals surface area contributed by atoms with Gasteiger partial charge in [0.1, 0.15) is 18.8 Å². The maximum absolute atomic E-state index is 9.25. The van der Waals surface area contributed by atoms with Gasteiger partial charge in [0, 0.05) is 0 Å². The molecule has 1 N–H and O–H groups in total. The maximum atomic E-state index is 9.25. The summed E-state index contributed by atoms with van der Waals surface area (Å²) in [5.41, 5.74) is 0. The molecule has 0 aromatic rings. The smallest absolute Gasteiger partial charge is 0.190 e. The largest absolute Gasteiger partial charge is 0.387 e. The molecule has 2 aliphatic heterocycles. The SMILES string of the molecule is CC1(C)O[C@@H]2O[CH][C@H](O)[C@@H]2O1. The molecule has 0 spiro atoms. The van der Waals surface area contributed by atoms with Crippen molar-refractivity contribution in [1.82, 2.24) is 0 Å². The fraction of sp³-hybridized carbons (Fsp3) is 0.857. The van der Waals surface area contributed by atoms with Gasteiger partial charge < -0.3 is 19.3 Å². The van der Waals surface area contributed by atoms with Crippen LogP contribution >= 0.6 is 0 Å². The summed E-state index contributed by atoms with van der Waals surface area (Å²) in [6, 6.07) is 0. The van der Waals surface area contributed by atoms with Crippen molar-refractivity contribution in [3.8, 4) is 0 Å². The maximum Gasteiger partial charge on any atom is 0.190 e. The van der Waals surface area contributed by atoms with Crippen molar-refractivity contribution in [3.63, 3.8) is 0 Å². The molecule has 11 heavy (non-hydrogen) atoms. The van der Waals surface area contributed by atoms with Crippen LogP contribution in [0.3, 0.4) is 0 Å². The third-order valence-electron chi connectivity index (χ3n) is 1.78. The Morgan fingerprint density at radius 3 is 2.73 bits per heavy atom. The van der Waals surface area contributed by atoms with E-state index in [1.54, 1.807) is 13.8 Å². The van der Waals surface area contributed by atoms with Crippen LogP contribution in [0, 0.1) is 6.61 Å². The van der Waals surface area contributed by atoms with Crippen LogP contribution in [0.25, 0.3) is 0 Å². The fourth-order valence-corrected chi connectivity index (χ4v) is 1.33. The summed E-state index contributed by atoms with van der Waals surface area (Å²) in [5.74, 6) is -0.634. The van der Waals surface area contributed by atoms with Gasteiger partial charge in [-0.15, -0.1) is 0 Å². The van der Waals surface area contributed by atoms with Crippen LogP contribution in [0.15, 0.2) is 0 Å². The molecule has 2 aliphatic rings. The summed E-state index contributed by atoms with van der Waals surface area (Å²) in [5, 5.41) is 9.25. The van der Waals surface area contributed by atoms with E-state index in [1.807, 2.05) is 0 Å². The second-order valence-electron chi connectivity index (χ2n) is 3.23. The molecule has 2 saturated heterocycles. The first-order valence-electron chi connectivity index (χ1n) is 3.61. The summed E-state index contributed by atoms with van der Waals surface area (Å²) >= 11 is 0. The summed E-state index contributed by atoms with van der Waals surface area (Å²) in [7, 11) is 0. The first-order chi connectivity index (χ1) is 5.08. The quantitative estimate of drug-likeness (QED) is 0.541. The van der Waals surface area contributed by atoms with E-state index in [-0.39, 0.29) is 6.10 Å². The first kappa shape index (κ1) is 7.49. The molecular formula is C7H11O4. The van der Waals surface area contributed by atoms with Crippen molar-refractivity contribution in [2.24, 2.45) is 0 Å². The van der Waals surface area contributed by atoms with Gasteiger partial charge in [0.15, 0.2) is 12.1 Å². The molecule has 2 heterocycles. The standard InChI is InChI=1S/C7H11O4/c1-7(2)10-5-4(8)3-9-6(5)11-7/h3-6,8H,1-2H3/t4-,5-,6-/m0/s1. The van der Waals surface area contributed by atoms with Crippen molar-refractivity contribution in [3.05, 3.63) is 6.61 Å². The average Bonchev–Trinajstić information content (AvgIpc) is 2.31. The van der Waals surface area contributed by atoms with Gasteiger partial charge in [-0.25, -0.2) is 0 Å². The molecule has 0 bridgehead atoms. The third kappa shape index (κ3) is 1.16. The molecule has 63 valence electrons. The van der Waals surface area contributed by atoms with E-state index in [4.69, 9.17) is 14.2 Å². The van der Waals surface area contributed by atoms with Crippen LogP contribution in [0.4, 0.5) is 0 Å². The Labute approximate surface area is 65.1 Å². The number of hydrogen-bond donors (Lipinski definition) is 1. The van der Waals surface area contributed by atoms with E-state index >= 15 is 0 Å². The predicted octanol–water partition coefficient (Wildman–Crippen LogP) is 0.0169. The lowest BCUT2D eigenvalue weighted by Crippen LogP contribution is -2.28. The van der Waals surface area contributed by atoms with Crippen LogP contribution in [-0.2, 0) is 14.2 Å². The lowest BCUT2D eigenvalue weighted by molar-refractivity contribution is -0.190. The zero-order valence-corrected chi connectivity index (χ0v) is 6.48. The summed E-state index contributed by atoms with van der Waals surface area (Å²) in [6.45, 7) is 4.92. The molecule has 3 atom stereocenters. The number of hydrogen-bond acceptors (Lipinski definition) is 4. The van der Waals surface area contributed by atoms with Crippen LogP contribution in [0.1, 0.15) is 13.8 Å². The van der Waals surface area contributed by atoms with E-state index in [9.17, 15) is 5.11 Å². The van der Waals surface area contributed by atoms with Crippen molar-refractivity contribution < 1.29 is 19.3 Å². The van der Waals surface area contributed by atoms with Gasteiger partial charge >= 0.3 is 0 Å². The van der Waals surface area contributed by atoms with E-state index in [0.29, 0.717) is 0 Å². The minimum absolute atomic E-state index is 0.356. The topological polar surface area (TPSA) is 47.9 Å². The van der Waals surface area contributed by atoms with Gasteiger partial charge in [0.2, 0.25) is 0 Å². The molecule has 0 unspecified atom stereocenters. The van der Waals surface area contributed by atoms with Crippen LogP contribution < -0.4 is 0 Å². The molecule has 4 heteroatoms. The van der Waals surface area contributed by atoms with Gasteiger partial charge in [0.05, 0.1) is 0 Å². The van der Waals surface area contributed by atoms with E-state index in [1.165, 1.54) is 6.61 Å². The van der Waals surface area contributed by atoms with Crippen molar-refractivity contribution in [2.45, 2.75) is 38.1 Å². The highest BCUT2D eigenvalue weighted by molar-refractivity contribution is 4.92. The number of ether oxygens (including phenoxy) is 3. The van der Waals surface area contributed by atoms with Crippen LogP contribution in [0.5, 0.6) is 0 Å². The molecular weight excluding hydrogens is 148 g/mol. The number of aliphatic hydroxyl groups excluding tert-OH is 1. The Balaban J connectivity index is 2.10. The predicted molar refractivity (Wildman–Crippen MR) is 35.2 cm³/mol. The molecule has 2 rings (SSSR count). The molecule has 0 saturated carbocycles. The van der Waals surface area contributed by atoms with Crippen molar-refractivity contribution >= 4 is 0 Å². The van der Waals surface area contributed by atoms with E-state index in [0.717, 1.165) is 0 Å². The normalized spacial score (nSPS) is 47.7. The van der Waals surface area contributed by atoms with E-state index < -0.39 is 18.2 Å². The minimum Gasteiger partial charge on any atom is -0.387 e. The van der Waals surface area contributed by atoms with Gasteiger partial charge in [0.25, 0.3) is 0 Å². The monoisotopic (exact) mass is 159 g/mol. The van der Waals surface area contributed by atoms with Crippen LogP contribution in [-0.4, -0.2) is 29.4 Å². The molecule has 0 amide bonds. The number of rotatable bonds is 0. The number of fused-ring (bicyclic) bond motifs is 1. The average molecular weight is 159 g/mol. The van der Waals surface area contributed by atoms with Crippen LogP contribution in [0.2, 0.25) is 0 Å².